The Labute approximate surface area is 99.5 Å². The summed E-state index contributed by atoms with van der Waals surface area (Å²) < 4.78 is 13.5. The summed E-state index contributed by atoms with van der Waals surface area (Å²) >= 11 is 6.08. The van der Waals surface area contributed by atoms with Gasteiger partial charge in [-0.1, -0.05) is 6.07 Å². The Morgan fingerprint density at radius 2 is 2.07 bits per heavy atom. The van der Waals surface area contributed by atoms with Gasteiger partial charge in [-0.25, -0.2) is 4.39 Å². The van der Waals surface area contributed by atoms with Crippen LogP contribution in [0.4, 0.5) is 4.39 Å². The van der Waals surface area contributed by atoms with Crippen molar-refractivity contribution in [2.24, 2.45) is 0 Å². The van der Waals surface area contributed by atoms with Crippen molar-refractivity contribution in [2.75, 3.05) is 24.6 Å². The van der Waals surface area contributed by atoms with Crippen molar-refractivity contribution < 1.29 is 4.39 Å². The molecule has 1 heterocycles. The molecule has 82 valence electrons. The van der Waals surface area contributed by atoms with Crippen LogP contribution in [-0.4, -0.2) is 29.5 Å². The number of thioether (sulfide) groups is 1. The molecule has 4 heteroatoms. The Morgan fingerprint density at radius 3 is 2.73 bits per heavy atom. The zero-order chi connectivity index (χ0) is 10.7. The van der Waals surface area contributed by atoms with Gasteiger partial charge in [0.2, 0.25) is 0 Å². The number of hydrogen-bond donors (Lipinski definition) is 1. The summed E-state index contributed by atoms with van der Waals surface area (Å²) in [5.41, 5.74) is 0.778. The molecule has 0 aliphatic carbocycles. The number of rotatable bonds is 2. The van der Waals surface area contributed by atoms with Crippen molar-refractivity contribution in [3.8, 4) is 0 Å². The number of halogens is 1. The van der Waals surface area contributed by atoms with Gasteiger partial charge in [0.15, 0.2) is 0 Å². The molecule has 1 aliphatic heterocycles. The number of thiol groups is 1. The molecule has 1 saturated heterocycles. The molecule has 0 spiro atoms. The van der Waals surface area contributed by atoms with E-state index in [0.717, 1.165) is 36.7 Å². The second-order valence-corrected chi connectivity index (χ2v) is 5.41. The summed E-state index contributed by atoms with van der Waals surface area (Å²) in [6.07, 6.45) is 0. The van der Waals surface area contributed by atoms with Gasteiger partial charge < -0.3 is 0 Å². The van der Waals surface area contributed by atoms with Gasteiger partial charge in [0.05, 0.1) is 0 Å². The molecule has 2 rings (SSSR count). The summed E-state index contributed by atoms with van der Waals surface area (Å²) in [6, 6.07) is 5.16. The maximum atomic E-state index is 13.5. The smallest absolute Gasteiger partial charge is 0.128 e. The molecule has 0 N–H and O–H groups in total. The highest BCUT2D eigenvalue weighted by atomic mass is 32.2. The zero-order valence-electron chi connectivity index (χ0n) is 8.45. The molecule has 0 unspecified atom stereocenters. The van der Waals surface area contributed by atoms with Crippen molar-refractivity contribution in [3.05, 3.63) is 29.6 Å². The van der Waals surface area contributed by atoms with E-state index in [2.05, 4.69) is 17.5 Å². The van der Waals surface area contributed by atoms with Crippen LogP contribution in [0.1, 0.15) is 5.56 Å². The fraction of sp³-hybridized carbons (Fsp3) is 0.455. The van der Waals surface area contributed by atoms with Crippen molar-refractivity contribution >= 4 is 24.4 Å². The fourth-order valence-electron chi connectivity index (χ4n) is 1.66. The lowest BCUT2D eigenvalue weighted by molar-refractivity contribution is 0.290. The molecule has 0 bridgehead atoms. The van der Waals surface area contributed by atoms with Crippen LogP contribution >= 0.6 is 24.4 Å². The third kappa shape index (κ3) is 3.13. The van der Waals surface area contributed by atoms with E-state index < -0.39 is 0 Å². The summed E-state index contributed by atoms with van der Waals surface area (Å²) in [6.45, 7) is 2.85. The lowest BCUT2D eigenvalue weighted by Gasteiger charge is -2.26. The van der Waals surface area contributed by atoms with Crippen LogP contribution in [0.15, 0.2) is 23.1 Å². The van der Waals surface area contributed by atoms with E-state index in [-0.39, 0.29) is 5.82 Å². The molecule has 0 saturated carbocycles. The van der Waals surface area contributed by atoms with Gasteiger partial charge in [-0.05, 0) is 12.1 Å². The summed E-state index contributed by atoms with van der Waals surface area (Å²) in [5, 5.41) is 0. The maximum absolute atomic E-state index is 13.5. The molecule has 0 aromatic heterocycles. The highest BCUT2D eigenvalue weighted by Crippen LogP contribution is 2.17. The zero-order valence-corrected chi connectivity index (χ0v) is 10.2. The van der Waals surface area contributed by atoms with E-state index in [1.807, 2.05) is 23.9 Å². The second kappa shape index (κ2) is 5.23. The fourth-order valence-corrected chi connectivity index (χ4v) is 2.83. The summed E-state index contributed by atoms with van der Waals surface area (Å²) in [7, 11) is 0. The SMILES string of the molecule is Fc1cc(S)ccc1CN1CCSCC1. The van der Waals surface area contributed by atoms with Crippen LogP contribution in [0.25, 0.3) is 0 Å². The highest BCUT2D eigenvalue weighted by Gasteiger charge is 2.12. The van der Waals surface area contributed by atoms with Gasteiger partial charge in [0.25, 0.3) is 0 Å². The molecule has 0 atom stereocenters. The summed E-state index contributed by atoms with van der Waals surface area (Å²) in [5.74, 6) is 2.18. The van der Waals surface area contributed by atoms with E-state index in [1.165, 1.54) is 6.07 Å². The van der Waals surface area contributed by atoms with Crippen LogP contribution < -0.4 is 0 Å². The molecule has 1 fully saturated rings. The molecular weight excluding hydrogens is 229 g/mol. The molecular formula is C11H14FNS2. The first kappa shape index (κ1) is 11.3. The largest absolute Gasteiger partial charge is 0.297 e. The van der Waals surface area contributed by atoms with Crippen molar-refractivity contribution in [1.82, 2.24) is 4.90 Å². The minimum Gasteiger partial charge on any atom is -0.297 e. The maximum Gasteiger partial charge on any atom is 0.128 e. The van der Waals surface area contributed by atoms with Gasteiger partial charge in [0, 0.05) is 41.6 Å². The van der Waals surface area contributed by atoms with E-state index in [4.69, 9.17) is 0 Å². The van der Waals surface area contributed by atoms with E-state index in [9.17, 15) is 4.39 Å². The minimum atomic E-state index is -0.138. The van der Waals surface area contributed by atoms with Crippen LogP contribution in [0.5, 0.6) is 0 Å². The van der Waals surface area contributed by atoms with Crippen molar-refractivity contribution in [3.63, 3.8) is 0 Å². The topological polar surface area (TPSA) is 3.24 Å². The molecule has 1 aromatic rings. The number of benzene rings is 1. The normalized spacial score (nSPS) is 18.0. The molecule has 0 radical (unpaired) electrons. The first-order valence-electron chi connectivity index (χ1n) is 5.03. The number of nitrogens with zero attached hydrogens (tertiary/aromatic N) is 1. The minimum absolute atomic E-state index is 0.138. The Balaban J connectivity index is 2.03. The van der Waals surface area contributed by atoms with Gasteiger partial charge in [-0.3, -0.25) is 4.90 Å². The Hall–Kier alpha value is -0.190. The predicted molar refractivity (Wildman–Crippen MR) is 66.3 cm³/mol. The van der Waals surface area contributed by atoms with E-state index >= 15 is 0 Å². The summed E-state index contributed by atoms with van der Waals surface area (Å²) in [4.78, 5) is 2.98. The van der Waals surface area contributed by atoms with Gasteiger partial charge in [-0.2, -0.15) is 11.8 Å². The number of hydrogen-bond acceptors (Lipinski definition) is 3. The standard InChI is InChI=1S/C11H14FNS2/c12-11-7-10(14)2-1-9(11)8-13-3-5-15-6-4-13/h1-2,7,14H,3-6,8H2. The molecule has 15 heavy (non-hydrogen) atoms. The van der Waals surface area contributed by atoms with Gasteiger partial charge >= 0.3 is 0 Å². The predicted octanol–water partition coefficient (Wildman–Crippen LogP) is 2.66. The average molecular weight is 243 g/mol. The van der Waals surface area contributed by atoms with Crippen molar-refractivity contribution in [1.29, 1.82) is 0 Å². The Kier molecular flexibility index (Phi) is 3.94. The van der Waals surface area contributed by atoms with Crippen molar-refractivity contribution in [2.45, 2.75) is 11.4 Å². The molecule has 1 aliphatic rings. The molecule has 1 nitrogen and oxygen atoms in total. The van der Waals surface area contributed by atoms with Crippen LogP contribution in [-0.2, 0) is 6.54 Å². The Bertz CT molecular complexity index is 337. The first-order chi connectivity index (χ1) is 7.25. The average Bonchev–Trinajstić information content (AvgIpc) is 2.24. The third-order valence-corrected chi connectivity index (χ3v) is 3.75. The van der Waals surface area contributed by atoms with Gasteiger partial charge in [-0.15, -0.1) is 12.6 Å². The third-order valence-electron chi connectivity index (χ3n) is 2.53. The highest BCUT2D eigenvalue weighted by molar-refractivity contribution is 7.99. The van der Waals surface area contributed by atoms with Crippen LogP contribution in [0.3, 0.4) is 0 Å². The lowest BCUT2D eigenvalue weighted by Crippen LogP contribution is -2.32. The van der Waals surface area contributed by atoms with E-state index in [1.54, 1.807) is 0 Å². The van der Waals surface area contributed by atoms with E-state index in [0.29, 0.717) is 4.90 Å². The lowest BCUT2D eigenvalue weighted by atomic mass is 10.2. The molecule has 0 amide bonds. The van der Waals surface area contributed by atoms with Crippen LogP contribution in [0.2, 0.25) is 0 Å². The van der Waals surface area contributed by atoms with Crippen LogP contribution in [0, 0.1) is 5.82 Å². The quantitative estimate of drug-likeness (QED) is 0.796. The first-order valence-corrected chi connectivity index (χ1v) is 6.63. The monoisotopic (exact) mass is 243 g/mol. The van der Waals surface area contributed by atoms with Gasteiger partial charge in [0.1, 0.15) is 5.82 Å². The molecule has 1 aromatic carbocycles. The second-order valence-electron chi connectivity index (χ2n) is 3.66. The Morgan fingerprint density at radius 1 is 1.33 bits per heavy atom.